The molecule has 2 fully saturated rings. The van der Waals surface area contributed by atoms with Gasteiger partial charge in [0.15, 0.2) is 0 Å². The van der Waals surface area contributed by atoms with Crippen molar-refractivity contribution in [3.8, 4) is 0 Å². The maximum absolute atomic E-state index is 13.0. The number of ether oxygens (including phenoxy) is 1. The van der Waals surface area contributed by atoms with E-state index in [0.29, 0.717) is 5.56 Å². The number of amides is 2. The number of nitrogens with one attached hydrogen (secondary N) is 1. The van der Waals surface area contributed by atoms with E-state index in [1.807, 2.05) is 68.4 Å². The lowest BCUT2D eigenvalue weighted by Crippen LogP contribution is -2.46. The molecule has 0 bridgehead atoms. The molecule has 172 valence electrons. The number of aromatic nitrogens is 2. The Morgan fingerprint density at radius 2 is 1.79 bits per heavy atom. The predicted octanol–water partition coefficient (Wildman–Crippen LogP) is 4.59. The summed E-state index contributed by atoms with van der Waals surface area (Å²) in [6.07, 6.45) is 4.94. The number of rotatable bonds is 4. The van der Waals surface area contributed by atoms with Gasteiger partial charge < -0.3 is 10.1 Å². The summed E-state index contributed by atoms with van der Waals surface area (Å²) in [5.41, 5.74) is 1.97. The minimum atomic E-state index is -0.591. The van der Waals surface area contributed by atoms with Crippen molar-refractivity contribution in [2.75, 3.05) is 0 Å². The van der Waals surface area contributed by atoms with Crippen LogP contribution < -0.4 is 5.32 Å². The lowest BCUT2D eigenvalue weighted by atomic mass is 9.86. The highest BCUT2D eigenvalue weighted by atomic mass is 16.6. The number of carbonyl (C=O) groups is 2. The second-order valence-corrected chi connectivity index (χ2v) is 9.71. The zero-order valence-corrected chi connectivity index (χ0v) is 19.3. The molecule has 2 amide bonds. The van der Waals surface area contributed by atoms with E-state index < -0.39 is 5.60 Å². The number of hydrogen-bond donors (Lipinski definition) is 1. The highest BCUT2D eigenvalue weighted by molar-refractivity contribution is 6.06. The Hall–Kier alpha value is -3.35. The second kappa shape index (κ2) is 8.21. The minimum absolute atomic E-state index is 0.0686. The van der Waals surface area contributed by atoms with Crippen LogP contribution >= 0.6 is 0 Å². The average molecular weight is 447 g/mol. The van der Waals surface area contributed by atoms with E-state index in [1.165, 1.54) is 0 Å². The molecule has 5 rings (SSSR count). The van der Waals surface area contributed by atoms with E-state index in [2.05, 4.69) is 22.5 Å². The summed E-state index contributed by atoms with van der Waals surface area (Å²) in [6, 6.07) is 15.8. The van der Waals surface area contributed by atoms with Crippen LogP contribution in [0.5, 0.6) is 0 Å². The molecule has 0 spiro atoms. The molecule has 1 N–H and O–H groups in total. The van der Waals surface area contributed by atoms with Gasteiger partial charge in [-0.3, -0.25) is 14.4 Å². The van der Waals surface area contributed by atoms with Gasteiger partial charge in [-0.05, 0) is 57.2 Å². The van der Waals surface area contributed by atoms with E-state index in [-0.39, 0.29) is 30.1 Å². The van der Waals surface area contributed by atoms with E-state index >= 15 is 0 Å². The summed E-state index contributed by atoms with van der Waals surface area (Å²) in [5.74, 6) is -0.0686. The van der Waals surface area contributed by atoms with E-state index in [0.717, 1.165) is 42.1 Å². The topological polar surface area (TPSA) is 76.5 Å². The zero-order valence-electron chi connectivity index (χ0n) is 19.3. The van der Waals surface area contributed by atoms with Gasteiger partial charge in [-0.1, -0.05) is 36.4 Å². The molecule has 7 nitrogen and oxygen atoms in total. The van der Waals surface area contributed by atoms with Crippen LogP contribution in [-0.2, 0) is 11.8 Å². The van der Waals surface area contributed by atoms with Crippen molar-refractivity contribution < 1.29 is 14.3 Å². The van der Waals surface area contributed by atoms with Gasteiger partial charge in [0.05, 0.1) is 17.1 Å². The fourth-order valence-corrected chi connectivity index (χ4v) is 5.45. The van der Waals surface area contributed by atoms with Gasteiger partial charge in [0, 0.05) is 30.7 Å². The first kappa shape index (κ1) is 21.5. The van der Waals surface area contributed by atoms with Crippen molar-refractivity contribution >= 4 is 22.9 Å². The van der Waals surface area contributed by atoms with E-state index in [9.17, 15) is 9.59 Å². The van der Waals surface area contributed by atoms with Crippen LogP contribution in [-0.4, -0.2) is 44.4 Å². The van der Waals surface area contributed by atoms with E-state index in [1.54, 1.807) is 4.68 Å². The predicted molar refractivity (Wildman–Crippen MR) is 126 cm³/mol. The van der Waals surface area contributed by atoms with Gasteiger partial charge in [-0.25, -0.2) is 4.79 Å². The number of aryl methyl sites for hydroxylation is 1. The van der Waals surface area contributed by atoms with Crippen molar-refractivity contribution in [3.05, 3.63) is 65.9 Å². The molecule has 1 aliphatic carbocycles. The Balaban J connectivity index is 1.27. The molecule has 2 aromatic carbocycles. The fraction of sp³-hybridized carbons (Fsp3) is 0.423. The molecule has 1 saturated carbocycles. The quantitative estimate of drug-likeness (QED) is 0.636. The molecular formula is C26H30N4O3. The Labute approximate surface area is 193 Å². The van der Waals surface area contributed by atoms with Crippen molar-refractivity contribution in [2.45, 2.75) is 63.3 Å². The third-order valence-corrected chi connectivity index (χ3v) is 6.95. The van der Waals surface area contributed by atoms with Crippen LogP contribution in [0.4, 0.5) is 4.79 Å². The Bertz CT molecular complexity index is 1180. The highest BCUT2D eigenvalue weighted by Gasteiger charge is 2.51. The third-order valence-electron chi connectivity index (χ3n) is 6.95. The molecular weight excluding hydrogens is 416 g/mol. The lowest BCUT2D eigenvalue weighted by molar-refractivity contribution is 0.0663. The monoisotopic (exact) mass is 446 g/mol. The first-order valence-corrected chi connectivity index (χ1v) is 11.6. The van der Waals surface area contributed by atoms with Gasteiger partial charge in [-0.15, -0.1) is 0 Å². The molecule has 1 atom stereocenters. The van der Waals surface area contributed by atoms with Gasteiger partial charge in [0.2, 0.25) is 0 Å². The van der Waals surface area contributed by atoms with Crippen LogP contribution in [0.15, 0.2) is 54.7 Å². The molecule has 2 heterocycles. The fourth-order valence-electron chi connectivity index (χ4n) is 5.45. The largest absolute Gasteiger partial charge is 0.441 e. The van der Waals surface area contributed by atoms with E-state index in [4.69, 9.17) is 4.74 Å². The highest BCUT2D eigenvalue weighted by Crippen LogP contribution is 2.44. The van der Waals surface area contributed by atoms with Crippen molar-refractivity contribution in [1.29, 1.82) is 0 Å². The van der Waals surface area contributed by atoms with Gasteiger partial charge in [0.25, 0.3) is 5.91 Å². The molecule has 3 aromatic rings. The second-order valence-electron chi connectivity index (χ2n) is 9.71. The van der Waals surface area contributed by atoms with Crippen molar-refractivity contribution in [3.63, 3.8) is 0 Å². The van der Waals surface area contributed by atoms with Gasteiger partial charge >= 0.3 is 6.09 Å². The number of nitrogens with zero attached hydrogens (tertiary/aromatic N) is 3. The van der Waals surface area contributed by atoms with Gasteiger partial charge in [-0.2, -0.15) is 5.10 Å². The Kier molecular flexibility index (Phi) is 5.35. The lowest BCUT2D eigenvalue weighted by Gasteiger charge is -2.38. The molecule has 1 saturated heterocycles. The first-order chi connectivity index (χ1) is 15.8. The smallest absolute Gasteiger partial charge is 0.411 e. The maximum Gasteiger partial charge on any atom is 0.411 e. The molecule has 7 heteroatoms. The number of benzene rings is 2. The molecule has 1 aliphatic heterocycles. The SMILES string of the molecule is Cn1cc2c(C(=O)NC3CCC(N4C(=O)OC(C)(C)[C@H]4c4ccccc4)CC3)cccc2n1. The standard InChI is InChI=1S/C26H30N4O3/c1-26(2)23(17-8-5-4-6-9-17)30(25(32)33-26)19-14-12-18(13-15-19)27-24(31)20-10-7-11-22-21(20)16-29(3)28-22/h4-11,16,18-19,23H,12-15H2,1-3H3,(H,27,31)/t18?,19?,23-/m1/s1. The van der Waals surface area contributed by atoms with Gasteiger partial charge in [0.1, 0.15) is 5.60 Å². The molecule has 1 aromatic heterocycles. The van der Waals surface area contributed by atoms with Crippen LogP contribution in [0.1, 0.15) is 61.5 Å². The van der Waals surface area contributed by atoms with Crippen LogP contribution in [0.25, 0.3) is 10.9 Å². The minimum Gasteiger partial charge on any atom is -0.441 e. The van der Waals surface area contributed by atoms with Crippen LogP contribution in [0.3, 0.4) is 0 Å². The summed E-state index contributed by atoms with van der Waals surface area (Å²) in [6.45, 7) is 3.96. The molecule has 0 unspecified atom stereocenters. The van der Waals surface area contributed by atoms with Crippen molar-refractivity contribution in [1.82, 2.24) is 20.0 Å². The normalized spacial score (nSPS) is 24.6. The number of cyclic esters (lactones) is 1. The van der Waals surface area contributed by atoms with Crippen molar-refractivity contribution in [2.24, 2.45) is 7.05 Å². The van der Waals surface area contributed by atoms with Crippen LogP contribution in [0, 0.1) is 0 Å². The summed E-state index contributed by atoms with van der Waals surface area (Å²) in [5, 5.41) is 8.46. The summed E-state index contributed by atoms with van der Waals surface area (Å²) in [4.78, 5) is 27.8. The number of hydrogen-bond acceptors (Lipinski definition) is 4. The molecule has 0 radical (unpaired) electrons. The average Bonchev–Trinajstić information content (AvgIpc) is 3.29. The zero-order chi connectivity index (χ0) is 23.2. The molecule has 33 heavy (non-hydrogen) atoms. The van der Waals surface area contributed by atoms with Crippen LogP contribution in [0.2, 0.25) is 0 Å². The maximum atomic E-state index is 13.0. The Morgan fingerprint density at radius 1 is 1.06 bits per heavy atom. The summed E-state index contributed by atoms with van der Waals surface area (Å²) in [7, 11) is 1.86. The first-order valence-electron chi connectivity index (χ1n) is 11.6. The summed E-state index contributed by atoms with van der Waals surface area (Å²) >= 11 is 0. The molecule has 2 aliphatic rings. The number of carbonyl (C=O) groups excluding carboxylic acids is 2. The third kappa shape index (κ3) is 3.96. The number of fused-ring (bicyclic) bond motifs is 1. The summed E-state index contributed by atoms with van der Waals surface area (Å²) < 4.78 is 7.51. The Morgan fingerprint density at radius 3 is 2.52 bits per heavy atom.